The Bertz CT molecular complexity index is 1390. The predicted octanol–water partition coefficient (Wildman–Crippen LogP) is 3.51. The second-order valence-electron chi connectivity index (χ2n) is 8.21. The Kier molecular flexibility index (Phi) is 3.91. The minimum Gasteiger partial charge on any atom is -0.456 e. The summed E-state index contributed by atoms with van der Waals surface area (Å²) in [5.41, 5.74) is 4.08. The number of aromatic nitrogens is 1. The number of carbonyl (C=O) groups is 2. The van der Waals surface area contributed by atoms with Crippen molar-refractivity contribution in [3.63, 3.8) is 0 Å². The van der Waals surface area contributed by atoms with Crippen LogP contribution >= 0.6 is 0 Å². The van der Waals surface area contributed by atoms with Gasteiger partial charge in [-0.3, -0.25) is 14.9 Å². The largest absolute Gasteiger partial charge is 0.456 e. The fraction of sp³-hybridized carbons (Fsp3) is 0.200. The lowest BCUT2D eigenvalue weighted by molar-refractivity contribution is -0.122. The van der Waals surface area contributed by atoms with Gasteiger partial charge in [0, 0.05) is 40.7 Å². The first-order valence-corrected chi connectivity index (χ1v) is 10.5. The van der Waals surface area contributed by atoms with Gasteiger partial charge in [-0.05, 0) is 37.0 Å². The molecule has 6 heteroatoms. The molecule has 1 unspecified atom stereocenters. The van der Waals surface area contributed by atoms with E-state index in [0.29, 0.717) is 23.3 Å². The Morgan fingerprint density at radius 1 is 1.03 bits per heavy atom. The molecular weight excluding hydrogens is 392 g/mol. The summed E-state index contributed by atoms with van der Waals surface area (Å²) in [6.45, 7) is 0.867. The van der Waals surface area contributed by atoms with E-state index in [1.54, 1.807) is 0 Å². The van der Waals surface area contributed by atoms with Crippen LogP contribution < -0.4 is 5.32 Å². The first-order chi connectivity index (χ1) is 15.2. The van der Waals surface area contributed by atoms with Crippen molar-refractivity contribution >= 4 is 44.8 Å². The number of nitrogens with one attached hydrogen (secondary N) is 1. The highest BCUT2D eigenvalue weighted by atomic mass is 16.3. The molecule has 0 fully saturated rings. The molecule has 0 radical (unpaired) electrons. The third-order valence-electron chi connectivity index (χ3n) is 6.43. The summed E-state index contributed by atoms with van der Waals surface area (Å²) < 4.78 is 8.20. The Hall–Kier alpha value is -3.64. The normalized spacial score (nSPS) is 18.8. The minimum atomic E-state index is -0.447. The summed E-state index contributed by atoms with van der Waals surface area (Å²) in [6, 6.07) is 17.3. The Morgan fingerprint density at radius 3 is 2.65 bits per heavy atom. The molecule has 0 saturated heterocycles. The van der Waals surface area contributed by atoms with Crippen LogP contribution in [-0.2, 0) is 22.6 Å². The lowest BCUT2D eigenvalue weighted by Crippen LogP contribution is -2.24. The highest BCUT2D eigenvalue weighted by molar-refractivity contribution is 6.50. The van der Waals surface area contributed by atoms with Crippen molar-refractivity contribution in [1.29, 1.82) is 0 Å². The van der Waals surface area contributed by atoms with E-state index >= 15 is 0 Å². The zero-order chi connectivity index (χ0) is 21.1. The fourth-order valence-corrected chi connectivity index (χ4v) is 4.98. The molecule has 2 aromatic heterocycles. The molecule has 0 spiro atoms. The quantitative estimate of drug-likeness (QED) is 0.505. The third kappa shape index (κ3) is 2.61. The number of furan rings is 1. The molecule has 2 aliphatic heterocycles. The van der Waals surface area contributed by atoms with Gasteiger partial charge in [-0.15, -0.1) is 0 Å². The number of carbonyl (C=O) groups excluding carboxylic acids is 2. The number of amides is 2. The molecule has 1 atom stereocenters. The number of hydrogen-bond donors (Lipinski definition) is 2. The zero-order valence-electron chi connectivity index (χ0n) is 16.7. The van der Waals surface area contributed by atoms with E-state index in [2.05, 4.69) is 9.88 Å². The van der Waals surface area contributed by atoms with Crippen LogP contribution in [-0.4, -0.2) is 28.1 Å². The van der Waals surface area contributed by atoms with Crippen LogP contribution in [0.4, 0.5) is 0 Å². The number of imide groups is 1. The van der Waals surface area contributed by atoms with Crippen molar-refractivity contribution in [2.75, 3.05) is 6.61 Å². The molecule has 0 bridgehead atoms. The second kappa shape index (κ2) is 6.68. The number of fused-ring (bicyclic) bond motifs is 4. The lowest BCUT2D eigenvalue weighted by atomic mass is 9.90. The van der Waals surface area contributed by atoms with Crippen LogP contribution in [0.5, 0.6) is 0 Å². The maximum atomic E-state index is 13.1. The second-order valence-corrected chi connectivity index (χ2v) is 8.21. The number of aliphatic hydroxyl groups is 1. The van der Waals surface area contributed by atoms with E-state index in [0.717, 1.165) is 40.5 Å². The van der Waals surface area contributed by atoms with Crippen LogP contribution in [0.3, 0.4) is 0 Å². The maximum Gasteiger partial charge on any atom is 0.262 e. The average Bonchev–Trinajstić information content (AvgIpc) is 3.43. The molecule has 6 nitrogen and oxygen atoms in total. The number of aliphatic hydroxyl groups excluding tert-OH is 1. The smallest absolute Gasteiger partial charge is 0.262 e. The topological polar surface area (TPSA) is 84.5 Å². The van der Waals surface area contributed by atoms with Gasteiger partial charge in [0.2, 0.25) is 0 Å². The predicted molar refractivity (Wildman–Crippen MR) is 117 cm³/mol. The monoisotopic (exact) mass is 412 g/mol. The molecule has 0 aliphatic carbocycles. The van der Waals surface area contributed by atoms with Gasteiger partial charge in [-0.2, -0.15) is 0 Å². The highest BCUT2D eigenvalue weighted by Crippen LogP contribution is 2.42. The molecule has 6 rings (SSSR count). The molecule has 4 heterocycles. The van der Waals surface area contributed by atoms with E-state index in [-0.39, 0.29) is 18.1 Å². The SMILES string of the molecule is O=C1NC(=O)C(c2c3n(c4ccccc24)CCC(CO)C3)=C1c1cc2ccccc2o1. The zero-order valence-corrected chi connectivity index (χ0v) is 16.7. The summed E-state index contributed by atoms with van der Waals surface area (Å²) in [5.74, 6) is -0.340. The minimum absolute atomic E-state index is 0.0988. The van der Waals surface area contributed by atoms with Gasteiger partial charge >= 0.3 is 0 Å². The van der Waals surface area contributed by atoms with Crippen molar-refractivity contribution < 1.29 is 19.1 Å². The van der Waals surface area contributed by atoms with Crippen LogP contribution in [0.25, 0.3) is 33.0 Å². The van der Waals surface area contributed by atoms with Gasteiger partial charge < -0.3 is 14.1 Å². The van der Waals surface area contributed by atoms with Gasteiger partial charge in [0.25, 0.3) is 11.8 Å². The standard InChI is InChI=1S/C25H20N2O4/c28-13-14-9-10-27-17-7-3-2-6-16(17)21(18(27)11-14)23-22(24(29)26-25(23)30)20-12-15-5-1-4-8-19(15)31-20/h1-8,12,14,28H,9-11,13H2,(H,26,29,30). The van der Waals surface area contributed by atoms with E-state index in [1.807, 2.05) is 54.6 Å². The van der Waals surface area contributed by atoms with Crippen molar-refractivity contribution in [1.82, 2.24) is 9.88 Å². The summed E-state index contributed by atoms with van der Waals surface area (Å²) >= 11 is 0. The number of benzene rings is 2. The van der Waals surface area contributed by atoms with Crippen LogP contribution in [0.15, 0.2) is 59.0 Å². The number of aryl methyl sites for hydroxylation is 1. The Labute approximate surface area is 177 Å². The van der Waals surface area contributed by atoms with Gasteiger partial charge in [0.1, 0.15) is 11.3 Å². The van der Waals surface area contributed by atoms with Crippen LogP contribution in [0, 0.1) is 5.92 Å². The summed E-state index contributed by atoms with van der Waals surface area (Å²) in [6.07, 6.45) is 1.53. The molecule has 2 aliphatic rings. The number of rotatable bonds is 3. The Balaban J connectivity index is 1.67. The molecule has 154 valence electrons. The number of nitrogens with zero attached hydrogens (tertiary/aromatic N) is 1. The van der Waals surface area contributed by atoms with E-state index in [4.69, 9.17) is 4.42 Å². The first-order valence-electron chi connectivity index (χ1n) is 10.5. The van der Waals surface area contributed by atoms with Crippen molar-refractivity contribution in [2.24, 2.45) is 5.92 Å². The first kappa shape index (κ1) is 18.2. The van der Waals surface area contributed by atoms with E-state index in [9.17, 15) is 14.7 Å². The van der Waals surface area contributed by atoms with Crippen molar-refractivity contribution in [3.05, 3.63) is 71.6 Å². The third-order valence-corrected chi connectivity index (χ3v) is 6.43. The van der Waals surface area contributed by atoms with Gasteiger partial charge in [-0.25, -0.2) is 0 Å². The van der Waals surface area contributed by atoms with E-state index in [1.165, 1.54) is 0 Å². The molecule has 2 amide bonds. The van der Waals surface area contributed by atoms with Gasteiger partial charge in [0.05, 0.1) is 11.1 Å². The number of para-hydroxylation sites is 2. The van der Waals surface area contributed by atoms with E-state index < -0.39 is 11.8 Å². The fourth-order valence-electron chi connectivity index (χ4n) is 4.98. The van der Waals surface area contributed by atoms with Crippen LogP contribution in [0.1, 0.15) is 23.4 Å². The van der Waals surface area contributed by atoms with Gasteiger partial charge in [0.15, 0.2) is 0 Å². The number of hydrogen-bond acceptors (Lipinski definition) is 4. The summed E-state index contributed by atoms with van der Waals surface area (Å²) in [7, 11) is 0. The molecule has 2 aromatic carbocycles. The van der Waals surface area contributed by atoms with Crippen molar-refractivity contribution in [3.8, 4) is 0 Å². The lowest BCUT2D eigenvalue weighted by Gasteiger charge is -2.24. The van der Waals surface area contributed by atoms with Gasteiger partial charge in [-0.1, -0.05) is 36.4 Å². The van der Waals surface area contributed by atoms with Crippen molar-refractivity contribution in [2.45, 2.75) is 19.4 Å². The molecule has 0 saturated carbocycles. The molecular formula is C25H20N2O4. The molecule has 31 heavy (non-hydrogen) atoms. The highest BCUT2D eigenvalue weighted by Gasteiger charge is 2.38. The summed E-state index contributed by atoms with van der Waals surface area (Å²) in [4.78, 5) is 26.0. The van der Waals surface area contributed by atoms with Crippen LogP contribution in [0.2, 0.25) is 0 Å². The maximum absolute atomic E-state index is 13.1. The average molecular weight is 412 g/mol. The summed E-state index contributed by atoms with van der Waals surface area (Å²) in [5, 5.41) is 14.1. The Morgan fingerprint density at radius 2 is 1.81 bits per heavy atom. The molecule has 2 N–H and O–H groups in total. The molecule has 4 aromatic rings.